The van der Waals surface area contributed by atoms with Crippen molar-refractivity contribution in [3.63, 3.8) is 0 Å². The summed E-state index contributed by atoms with van der Waals surface area (Å²) in [7, 11) is -3.80. The number of para-hydroxylation sites is 1. The molecule has 8 nitrogen and oxygen atoms in total. The van der Waals surface area contributed by atoms with Crippen LogP contribution in [-0.2, 0) is 19.6 Å². The Morgan fingerprint density at radius 2 is 1.69 bits per heavy atom. The topological polar surface area (TPSA) is 118 Å². The molecule has 168 valence electrons. The summed E-state index contributed by atoms with van der Waals surface area (Å²) in [5.41, 5.74) is 2.43. The van der Waals surface area contributed by atoms with Crippen LogP contribution in [0.3, 0.4) is 0 Å². The smallest absolute Gasteiger partial charge is 0.344 e. The number of carbonyl (C=O) groups excluding carboxylic acids is 2. The fourth-order valence-corrected chi connectivity index (χ4v) is 3.90. The summed E-state index contributed by atoms with van der Waals surface area (Å²) in [6, 6.07) is 14.4. The number of primary sulfonamides is 1. The molecule has 2 N–H and O–H groups in total. The highest BCUT2D eigenvalue weighted by Gasteiger charge is 2.19. The zero-order valence-electron chi connectivity index (χ0n) is 17.4. The molecule has 0 fully saturated rings. The number of hydrogen-bond donors (Lipinski definition) is 1. The lowest BCUT2D eigenvalue weighted by Gasteiger charge is -2.11. The molecule has 0 saturated carbocycles. The number of benzene rings is 2. The lowest BCUT2D eigenvalue weighted by atomic mass is 10.1. The minimum atomic E-state index is -3.80. The Labute approximate surface area is 190 Å². The lowest BCUT2D eigenvalue weighted by Crippen LogP contribution is -2.20. The highest BCUT2D eigenvalue weighted by atomic mass is 35.5. The van der Waals surface area contributed by atoms with Gasteiger partial charge in [-0.1, -0.05) is 23.7 Å². The number of ether oxygens (including phenoxy) is 2. The van der Waals surface area contributed by atoms with Gasteiger partial charge in [-0.05, 0) is 56.3 Å². The van der Waals surface area contributed by atoms with Crippen molar-refractivity contribution < 1.29 is 27.5 Å². The first-order valence-corrected chi connectivity index (χ1v) is 11.4. The Morgan fingerprint density at radius 1 is 1.03 bits per heavy atom. The summed E-state index contributed by atoms with van der Waals surface area (Å²) in [6.07, 6.45) is 0. The molecule has 0 aliphatic rings. The normalized spacial score (nSPS) is 11.2. The average Bonchev–Trinajstić information content (AvgIpc) is 3.05. The number of sulfonamides is 1. The summed E-state index contributed by atoms with van der Waals surface area (Å²) in [6.45, 7) is 2.72. The van der Waals surface area contributed by atoms with Crippen LogP contribution in [-0.4, -0.2) is 38.0 Å². The number of esters is 1. The van der Waals surface area contributed by atoms with Crippen molar-refractivity contribution >= 4 is 33.4 Å². The van der Waals surface area contributed by atoms with E-state index in [1.807, 2.05) is 0 Å². The van der Waals surface area contributed by atoms with Gasteiger partial charge in [0.05, 0.1) is 9.92 Å². The van der Waals surface area contributed by atoms with Gasteiger partial charge in [-0.25, -0.2) is 18.4 Å². The average molecular weight is 477 g/mol. The van der Waals surface area contributed by atoms with Crippen molar-refractivity contribution in [2.75, 3.05) is 13.2 Å². The molecule has 0 aliphatic heterocycles. The van der Waals surface area contributed by atoms with Crippen LogP contribution in [0.15, 0.2) is 59.5 Å². The monoisotopic (exact) mass is 476 g/mol. The zero-order chi connectivity index (χ0) is 23.5. The first-order valence-electron chi connectivity index (χ1n) is 9.46. The molecule has 1 heterocycles. The van der Waals surface area contributed by atoms with Crippen LogP contribution >= 0.6 is 11.6 Å². The summed E-state index contributed by atoms with van der Waals surface area (Å²) in [5, 5.41) is 5.49. The Morgan fingerprint density at radius 3 is 2.31 bits per heavy atom. The van der Waals surface area contributed by atoms with E-state index in [9.17, 15) is 18.0 Å². The molecule has 3 rings (SSSR count). The molecule has 32 heavy (non-hydrogen) atoms. The summed E-state index contributed by atoms with van der Waals surface area (Å²) in [5.74, 6) is -0.739. The van der Waals surface area contributed by atoms with Gasteiger partial charge in [0.1, 0.15) is 5.75 Å². The predicted molar refractivity (Wildman–Crippen MR) is 119 cm³/mol. The third-order valence-corrected chi connectivity index (χ3v) is 5.94. The van der Waals surface area contributed by atoms with Crippen LogP contribution in [0.1, 0.15) is 21.7 Å². The van der Waals surface area contributed by atoms with E-state index in [1.54, 1.807) is 60.9 Å². The van der Waals surface area contributed by atoms with Crippen molar-refractivity contribution in [3.05, 3.63) is 76.6 Å². The van der Waals surface area contributed by atoms with Gasteiger partial charge in [0.15, 0.2) is 13.2 Å². The van der Waals surface area contributed by atoms with Crippen molar-refractivity contribution in [3.8, 4) is 11.4 Å². The van der Waals surface area contributed by atoms with E-state index in [0.717, 1.165) is 5.69 Å². The third-order valence-electron chi connectivity index (χ3n) is 4.70. The fraction of sp³-hybridized carbons (Fsp3) is 0.182. The second kappa shape index (κ2) is 9.56. The Kier molecular flexibility index (Phi) is 7.02. The number of aromatic nitrogens is 1. The standard InChI is InChI=1S/C22H21ClN2O6S/c1-14-11-18(15(2)25(14)16-7-9-17(10-8-16)32(24,28)29)20(26)12-31-22(27)13-30-21-6-4-3-5-19(21)23/h3-11H,12-13H2,1-2H3,(H2,24,28,29). The van der Waals surface area contributed by atoms with Crippen LogP contribution in [0, 0.1) is 13.8 Å². The first-order chi connectivity index (χ1) is 15.1. The fourth-order valence-electron chi connectivity index (χ4n) is 3.19. The molecular weight excluding hydrogens is 456 g/mol. The zero-order valence-corrected chi connectivity index (χ0v) is 18.9. The molecule has 0 saturated heterocycles. The second-order valence-electron chi connectivity index (χ2n) is 6.96. The largest absolute Gasteiger partial charge is 0.480 e. The van der Waals surface area contributed by atoms with Gasteiger partial charge in [-0.2, -0.15) is 0 Å². The number of rotatable bonds is 8. The summed E-state index contributed by atoms with van der Waals surface area (Å²) < 4.78 is 35.0. The molecule has 0 bridgehead atoms. The van der Waals surface area contributed by atoms with Crippen LogP contribution in [0.2, 0.25) is 5.02 Å². The number of nitrogens with two attached hydrogens (primary N) is 1. The molecule has 0 amide bonds. The molecule has 3 aromatic rings. The first kappa shape index (κ1) is 23.5. The Hall–Kier alpha value is -3.14. The van der Waals surface area contributed by atoms with E-state index in [1.165, 1.54) is 12.1 Å². The third kappa shape index (κ3) is 5.37. The Bertz CT molecular complexity index is 1270. The van der Waals surface area contributed by atoms with Crippen LogP contribution < -0.4 is 9.88 Å². The van der Waals surface area contributed by atoms with Gasteiger partial charge >= 0.3 is 5.97 Å². The number of halogens is 1. The van der Waals surface area contributed by atoms with E-state index in [0.29, 0.717) is 27.7 Å². The van der Waals surface area contributed by atoms with Crippen LogP contribution in [0.4, 0.5) is 0 Å². The number of ketones is 1. The van der Waals surface area contributed by atoms with Crippen molar-refractivity contribution in [1.29, 1.82) is 0 Å². The number of aryl methyl sites for hydroxylation is 1. The highest BCUT2D eigenvalue weighted by molar-refractivity contribution is 7.89. The maximum absolute atomic E-state index is 12.6. The van der Waals surface area contributed by atoms with Crippen molar-refractivity contribution in [2.45, 2.75) is 18.7 Å². The quantitative estimate of drug-likeness (QED) is 0.394. The van der Waals surface area contributed by atoms with Crippen molar-refractivity contribution in [2.24, 2.45) is 5.14 Å². The molecule has 1 aromatic heterocycles. The van der Waals surface area contributed by atoms with Gasteiger partial charge in [-0.15, -0.1) is 0 Å². The Balaban J connectivity index is 1.66. The van der Waals surface area contributed by atoms with Gasteiger partial charge in [0.25, 0.3) is 0 Å². The van der Waals surface area contributed by atoms with Crippen molar-refractivity contribution in [1.82, 2.24) is 4.57 Å². The maximum Gasteiger partial charge on any atom is 0.344 e. The van der Waals surface area contributed by atoms with Crippen LogP contribution in [0.5, 0.6) is 5.75 Å². The summed E-state index contributed by atoms with van der Waals surface area (Å²) >= 11 is 5.96. The van der Waals surface area contributed by atoms with Crippen LogP contribution in [0.25, 0.3) is 5.69 Å². The molecule has 0 spiro atoms. The minimum Gasteiger partial charge on any atom is -0.480 e. The predicted octanol–water partition coefficient (Wildman–Crippen LogP) is 3.20. The number of carbonyl (C=O) groups is 2. The molecule has 0 unspecified atom stereocenters. The van der Waals surface area contributed by atoms with E-state index in [2.05, 4.69) is 0 Å². The highest BCUT2D eigenvalue weighted by Crippen LogP contribution is 2.24. The molecule has 0 radical (unpaired) electrons. The molecule has 2 aromatic carbocycles. The van der Waals surface area contributed by atoms with Gasteiger partial charge < -0.3 is 14.0 Å². The number of nitrogens with zero attached hydrogens (tertiary/aromatic N) is 1. The lowest BCUT2D eigenvalue weighted by molar-refractivity contribution is -0.144. The maximum atomic E-state index is 12.6. The van der Waals surface area contributed by atoms with E-state index in [4.69, 9.17) is 26.2 Å². The number of hydrogen-bond acceptors (Lipinski definition) is 6. The molecule has 0 atom stereocenters. The molecule has 0 aliphatic carbocycles. The van der Waals surface area contributed by atoms with E-state index >= 15 is 0 Å². The minimum absolute atomic E-state index is 0.00839. The van der Waals surface area contributed by atoms with Gasteiger partial charge in [0.2, 0.25) is 15.8 Å². The van der Waals surface area contributed by atoms with E-state index in [-0.39, 0.29) is 17.3 Å². The number of Topliss-reactive ketones (excluding diaryl/α,β-unsaturated/α-hetero) is 1. The SMILES string of the molecule is Cc1cc(C(=O)COC(=O)COc2ccccc2Cl)c(C)n1-c1ccc(S(N)(=O)=O)cc1. The summed E-state index contributed by atoms with van der Waals surface area (Å²) in [4.78, 5) is 24.6. The molecular formula is C22H21ClN2O6S. The van der Waals surface area contributed by atoms with Gasteiger partial charge in [-0.3, -0.25) is 4.79 Å². The molecule has 10 heteroatoms. The van der Waals surface area contributed by atoms with Gasteiger partial charge in [0, 0.05) is 22.6 Å². The van der Waals surface area contributed by atoms with E-state index < -0.39 is 22.6 Å². The second-order valence-corrected chi connectivity index (χ2v) is 8.93.